The van der Waals surface area contributed by atoms with E-state index in [4.69, 9.17) is 4.74 Å². The van der Waals surface area contributed by atoms with E-state index in [1.165, 1.54) is 19.3 Å². The molecule has 1 fully saturated rings. The van der Waals surface area contributed by atoms with Crippen LogP contribution in [0.25, 0.3) is 0 Å². The zero-order valence-corrected chi connectivity index (χ0v) is 8.92. The normalized spacial score (nSPS) is 38.5. The summed E-state index contributed by atoms with van der Waals surface area (Å²) in [5.74, 6) is 1.55. The molecular weight excluding hydrogens is 160 g/mol. The van der Waals surface area contributed by atoms with E-state index in [9.17, 15) is 0 Å². The predicted molar refractivity (Wildman–Crippen MR) is 54.3 cm³/mol. The molecule has 3 atom stereocenters. The molecule has 0 amide bonds. The fourth-order valence-corrected chi connectivity index (χ4v) is 2.73. The van der Waals surface area contributed by atoms with Gasteiger partial charge in [0.2, 0.25) is 0 Å². The zero-order chi connectivity index (χ0) is 9.47. The van der Waals surface area contributed by atoms with E-state index in [1.807, 2.05) is 6.26 Å². The lowest BCUT2D eigenvalue weighted by atomic mass is 9.67. The molecule has 2 bridgehead atoms. The Morgan fingerprint density at radius 3 is 2.69 bits per heavy atom. The molecular formula is C12H20O. The van der Waals surface area contributed by atoms with E-state index < -0.39 is 0 Å². The summed E-state index contributed by atoms with van der Waals surface area (Å²) in [6.45, 7) is 7.00. The van der Waals surface area contributed by atoms with Crippen LogP contribution in [0.5, 0.6) is 0 Å². The minimum atomic E-state index is 0.404. The van der Waals surface area contributed by atoms with Crippen LogP contribution in [0.3, 0.4) is 0 Å². The molecule has 74 valence electrons. The van der Waals surface area contributed by atoms with Crippen molar-refractivity contribution in [1.82, 2.24) is 0 Å². The van der Waals surface area contributed by atoms with Gasteiger partial charge in [-0.3, -0.25) is 0 Å². The SMILES string of the molecule is CC(C)(C)C1CCC2C=COC1C2. The third kappa shape index (κ3) is 1.74. The van der Waals surface area contributed by atoms with Crippen molar-refractivity contribution < 1.29 is 4.74 Å². The standard InChI is InChI=1S/C12H20O/c1-12(2,3)10-5-4-9-6-7-13-11(10)8-9/h6-7,9-11H,4-5,8H2,1-3H3. The molecule has 0 N–H and O–H groups in total. The van der Waals surface area contributed by atoms with Gasteiger partial charge < -0.3 is 4.74 Å². The van der Waals surface area contributed by atoms with E-state index in [1.54, 1.807) is 0 Å². The number of hydrogen-bond acceptors (Lipinski definition) is 1. The van der Waals surface area contributed by atoms with Gasteiger partial charge in [0.25, 0.3) is 0 Å². The van der Waals surface area contributed by atoms with Crippen LogP contribution in [0, 0.1) is 17.3 Å². The first-order chi connectivity index (χ1) is 6.07. The number of ether oxygens (including phenoxy) is 1. The van der Waals surface area contributed by atoms with Crippen LogP contribution in [-0.4, -0.2) is 6.10 Å². The first-order valence-electron chi connectivity index (χ1n) is 5.39. The largest absolute Gasteiger partial charge is 0.498 e. The molecule has 1 nitrogen and oxygen atoms in total. The highest BCUT2D eigenvalue weighted by atomic mass is 16.5. The lowest BCUT2D eigenvalue weighted by molar-refractivity contribution is -0.0241. The Hall–Kier alpha value is -0.460. The number of rotatable bonds is 0. The average molecular weight is 180 g/mol. The highest BCUT2D eigenvalue weighted by Crippen LogP contribution is 2.43. The van der Waals surface area contributed by atoms with Crippen molar-refractivity contribution in [1.29, 1.82) is 0 Å². The summed E-state index contributed by atoms with van der Waals surface area (Å²) in [4.78, 5) is 0. The summed E-state index contributed by atoms with van der Waals surface area (Å²) in [7, 11) is 0. The highest BCUT2D eigenvalue weighted by molar-refractivity contribution is 4.98. The minimum absolute atomic E-state index is 0.404. The van der Waals surface area contributed by atoms with Gasteiger partial charge >= 0.3 is 0 Å². The van der Waals surface area contributed by atoms with Crippen LogP contribution in [0.4, 0.5) is 0 Å². The fourth-order valence-electron chi connectivity index (χ4n) is 2.73. The Morgan fingerprint density at radius 2 is 2.00 bits per heavy atom. The Balaban J connectivity index is 2.12. The second kappa shape index (κ2) is 3.04. The molecule has 0 aromatic heterocycles. The molecule has 3 unspecified atom stereocenters. The predicted octanol–water partition coefficient (Wildman–Crippen LogP) is 3.36. The molecule has 1 saturated carbocycles. The van der Waals surface area contributed by atoms with Gasteiger partial charge in [-0.15, -0.1) is 0 Å². The molecule has 2 rings (SSSR count). The monoisotopic (exact) mass is 180 g/mol. The van der Waals surface area contributed by atoms with Crippen LogP contribution in [0.1, 0.15) is 40.0 Å². The molecule has 1 aliphatic carbocycles. The van der Waals surface area contributed by atoms with E-state index in [0.717, 1.165) is 11.8 Å². The zero-order valence-electron chi connectivity index (χ0n) is 8.92. The summed E-state index contributed by atoms with van der Waals surface area (Å²) in [6.07, 6.45) is 8.59. The average Bonchev–Trinajstić information content (AvgIpc) is 2.02. The van der Waals surface area contributed by atoms with Gasteiger partial charge in [0.15, 0.2) is 0 Å². The summed E-state index contributed by atoms with van der Waals surface area (Å²) in [5.41, 5.74) is 0.404. The van der Waals surface area contributed by atoms with Crippen LogP contribution in [-0.2, 0) is 4.74 Å². The number of hydrogen-bond donors (Lipinski definition) is 0. The second-order valence-corrected chi connectivity index (χ2v) is 5.55. The van der Waals surface area contributed by atoms with Crippen molar-refractivity contribution in [3.05, 3.63) is 12.3 Å². The molecule has 1 heteroatoms. The molecule has 1 heterocycles. The summed E-state index contributed by atoms with van der Waals surface area (Å²) in [6, 6.07) is 0. The second-order valence-electron chi connectivity index (χ2n) is 5.55. The molecule has 0 radical (unpaired) electrons. The van der Waals surface area contributed by atoms with Crippen molar-refractivity contribution in [2.75, 3.05) is 0 Å². The minimum Gasteiger partial charge on any atom is -0.498 e. The lowest BCUT2D eigenvalue weighted by Crippen LogP contribution is -2.39. The quantitative estimate of drug-likeness (QED) is 0.555. The van der Waals surface area contributed by atoms with Gasteiger partial charge in [-0.2, -0.15) is 0 Å². The van der Waals surface area contributed by atoms with Crippen LogP contribution >= 0.6 is 0 Å². The maximum absolute atomic E-state index is 5.71. The van der Waals surface area contributed by atoms with Crippen molar-refractivity contribution >= 4 is 0 Å². The van der Waals surface area contributed by atoms with E-state index in [2.05, 4.69) is 26.8 Å². The number of fused-ring (bicyclic) bond motifs is 2. The van der Waals surface area contributed by atoms with Crippen LogP contribution < -0.4 is 0 Å². The van der Waals surface area contributed by atoms with E-state index in [0.29, 0.717) is 11.5 Å². The Morgan fingerprint density at radius 1 is 1.23 bits per heavy atom. The smallest absolute Gasteiger partial charge is 0.102 e. The van der Waals surface area contributed by atoms with Gasteiger partial charge in [-0.25, -0.2) is 0 Å². The molecule has 0 aromatic rings. The Kier molecular flexibility index (Phi) is 2.13. The Bertz CT molecular complexity index is 212. The van der Waals surface area contributed by atoms with Gasteiger partial charge in [-0.05, 0) is 36.7 Å². The molecule has 0 saturated heterocycles. The summed E-state index contributed by atoms with van der Waals surface area (Å²) in [5, 5.41) is 0. The first-order valence-corrected chi connectivity index (χ1v) is 5.39. The van der Waals surface area contributed by atoms with Crippen molar-refractivity contribution in [2.24, 2.45) is 17.3 Å². The van der Waals surface area contributed by atoms with Gasteiger partial charge in [-0.1, -0.05) is 20.8 Å². The number of allylic oxidation sites excluding steroid dienone is 1. The van der Waals surface area contributed by atoms with Crippen LogP contribution in [0.2, 0.25) is 0 Å². The molecule has 0 spiro atoms. The van der Waals surface area contributed by atoms with E-state index >= 15 is 0 Å². The topological polar surface area (TPSA) is 9.23 Å². The lowest BCUT2D eigenvalue weighted by Gasteiger charge is -2.43. The maximum Gasteiger partial charge on any atom is 0.102 e. The summed E-state index contributed by atoms with van der Waals surface area (Å²) < 4.78 is 5.71. The van der Waals surface area contributed by atoms with Crippen molar-refractivity contribution in [2.45, 2.75) is 46.1 Å². The maximum atomic E-state index is 5.71. The summed E-state index contributed by atoms with van der Waals surface area (Å²) >= 11 is 0. The molecule has 13 heavy (non-hydrogen) atoms. The fraction of sp³-hybridized carbons (Fsp3) is 0.833. The van der Waals surface area contributed by atoms with E-state index in [-0.39, 0.29) is 0 Å². The third-order valence-corrected chi connectivity index (χ3v) is 3.55. The van der Waals surface area contributed by atoms with Crippen molar-refractivity contribution in [3.8, 4) is 0 Å². The Labute approximate surface area is 81.2 Å². The molecule has 2 aliphatic rings. The first kappa shape index (κ1) is 9.11. The van der Waals surface area contributed by atoms with Gasteiger partial charge in [0.05, 0.1) is 6.26 Å². The molecule has 1 aliphatic heterocycles. The van der Waals surface area contributed by atoms with Gasteiger partial charge in [0.1, 0.15) is 6.10 Å². The highest BCUT2D eigenvalue weighted by Gasteiger charge is 2.39. The van der Waals surface area contributed by atoms with Crippen molar-refractivity contribution in [3.63, 3.8) is 0 Å². The van der Waals surface area contributed by atoms with Crippen LogP contribution in [0.15, 0.2) is 12.3 Å². The molecule has 0 aromatic carbocycles. The third-order valence-electron chi connectivity index (χ3n) is 3.55. The van der Waals surface area contributed by atoms with Gasteiger partial charge in [0, 0.05) is 5.92 Å².